The van der Waals surface area contributed by atoms with E-state index in [1.807, 2.05) is 31.2 Å². The van der Waals surface area contributed by atoms with Gasteiger partial charge in [-0.15, -0.1) is 0 Å². The highest BCUT2D eigenvalue weighted by molar-refractivity contribution is 5.92. The highest BCUT2D eigenvalue weighted by atomic mass is 16.5. The number of rotatable bonds is 4. The van der Waals surface area contributed by atoms with Gasteiger partial charge in [0.15, 0.2) is 12.3 Å². The van der Waals surface area contributed by atoms with Gasteiger partial charge in [-0.25, -0.2) is 0 Å². The zero-order valence-electron chi connectivity index (χ0n) is 14.4. The lowest BCUT2D eigenvalue weighted by atomic mass is 10.2. The molecule has 1 aliphatic rings. The molecule has 1 aromatic heterocycles. The summed E-state index contributed by atoms with van der Waals surface area (Å²) in [6.07, 6.45) is 0. The summed E-state index contributed by atoms with van der Waals surface area (Å²) in [6.45, 7) is 5.60. The predicted octanol–water partition coefficient (Wildman–Crippen LogP) is 1.65. The lowest BCUT2D eigenvalue weighted by Gasteiger charge is -2.34. The highest BCUT2D eigenvalue weighted by Gasteiger charge is 2.26. The molecule has 1 aliphatic heterocycles. The maximum absolute atomic E-state index is 12.3. The summed E-state index contributed by atoms with van der Waals surface area (Å²) < 4.78 is 10.5. The molecule has 25 heavy (non-hydrogen) atoms. The average Bonchev–Trinajstić information content (AvgIpc) is 3.07. The minimum Gasteiger partial charge on any atom is -0.484 e. The van der Waals surface area contributed by atoms with E-state index in [4.69, 9.17) is 9.26 Å². The van der Waals surface area contributed by atoms with Gasteiger partial charge in [0.1, 0.15) is 11.5 Å². The molecule has 1 fully saturated rings. The Morgan fingerprint density at radius 1 is 1.12 bits per heavy atom. The van der Waals surface area contributed by atoms with Gasteiger partial charge in [0.25, 0.3) is 11.8 Å². The third-order valence-corrected chi connectivity index (χ3v) is 4.21. The molecular formula is C18H21N3O4. The number of benzene rings is 1. The molecule has 0 aliphatic carbocycles. The normalized spacial score (nSPS) is 14.5. The number of hydrogen-bond acceptors (Lipinski definition) is 5. The smallest absolute Gasteiger partial charge is 0.276 e. The van der Waals surface area contributed by atoms with Crippen molar-refractivity contribution in [3.8, 4) is 5.75 Å². The van der Waals surface area contributed by atoms with Crippen LogP contribution in [-0.4, -0.2) is 59.6 Å². The van der Waals surface area contributed by atoms with Crippen molar-refractivity contribution in [1.82, 2.24) is 15.0 Å². The topological polar surface area (TPSA) is 75.9 Å². The lowest BCUT2D eigenvalue weighted by Crippen LogP contribution is -2.51. The van der Waals surface area contributed by atoms with Crippen molar-refractivity contribution in [3.63, 3.8) is 0 Å². The van der Waals surface area contributed by atoms with E-state index in [0.717, 1.165) is 5.56 Å². The van der Waals surface area contributed by atoms with Crippen molar-refractivity contribution in [2.45, 2.75) is 13.8 Å². The van der Waals surface area contributed by atoms with Crippen LogP contribution in [0.25, 0.3) is 0 Å². The van der Waals surface area contributed by atoms with Crippen LogP contribution < -0.4 is 4.74 Å². The van der Waals surface area contributed by atoms with Crippen molar-refractivity contribution >= 4 is 11.8 Å². The first kappa shape index (κ1) is 17.0. The van der Waals surface area contributed by atoms with Crippen molar-refractivity contribution in [1.29, 1.82) is 0 Å². The molecule has 0 saturated carbocycles. The molecule has 132 valence electrons. The molecule has 2 aromatic rings. The summed E-state index contributed by atoms with van der Waals surface area (Å²) in [5.41, 5.74) is 1.30. The van der Waals surface area contributed by atoms with Gasteiger partial charge in [0, 0.05) is 32.2 Å². The van der Waals surface area contributed by atoms with E-state index in [-0.39, 0.29) is 18.4 Å². The summed E-state index contributed by atoms with van der Waals surface area (Å²) in [6, 6.07) is 9.21. The molecule has 0 atom stereocenters. The number of nitrogens with zero attached hydrogens (tertiary/aromatic N) is 3. The molecule has 0 radical (unpaired) electrons. The van der Waals surface area contributed by atoms with Crippen LogP contribution >= 0.6 is 0 Å². The fourth-order valence-electron chi connectivity index (χ4n) is 2.74. The first-order valence-electron chi connectivity index (χ1n) is 8.23. The van der Waals surface area contributed by atoms with Crippen molar-refractivity contribution in [3.05, 3.63) is 47.3 Å². The number of aromatic nitrogens is 1. The van der Waals surface area contributed by atoms with E-state index >= 15 is 0 Å². The number of aryl methyl sites for hydroxylation is 2. The van der Waals surface area contributed by atoms with E-state index in [1.54, 1.807) is 22.8 Å². The van der Waals surface area contributed by atoms with E-state index in [9.17, 15) is 9.59 Å². The second kappa shape index (κ2) is 7.38. The van der Waals surface area contributed by atoms with Crippen molar-refractivity contribution in [2.24, 2.45) is 0 Å². The van der Waals surface area contributed by atoms with Gasteiger partial charge in [0.2, 0.25) is 0 Å². The summed E-state index contributed by atoms with van der Waals surface area (Å²) >= 11 is 0. The molecule has 1 saturated heterocycles. The largest absolute Gasteiger partial charge is 0.484 e. The van der Waals surface area contributed by atoms with Crippen molar-refractivity contribution in [2.75, 3.05) is 32.8 Å². The molecule has 2 heterocycles. The van der Waals surface area contributed by atoms with E-state index in [0.29, 0.717) is 43.4 Å². The molecule has 0 unspecified atom stereocenters. The van der Waals surface area contributed by atoms with E-state index in [2.05, 4.69) is 5.16 Å². The van der Waals surface area contributed by atoms with E-state index < -0.39 is 0 Å². The minimum absolute atomic E-state index is 0.00127. The summed E-state index contributed by atoms with van der Waals surface area (Å²) in [5.74, 6) is 1.07. The summed E-state index contributed by atoms with van der Waals surface area (Å²) in [5, 5.41) is 3.75. The first-order chi connectivity index (χ1) is 12.0. The van der Waals surface area contributed by atoms with Gasteiger partial charge in [-0.05, 0) is 25.5 Å². The monoisotopic (exact) mass is 343 g/mol. The van der Waals surface area contributed by atoms with Gasteiger partial charge in [-0.1, -0.05) is 23.4 Å². The van der Waals surface area contributed by atoms with Crippen LogP contribution in [0.15, 0.2) is 34.9 Å². The number of amides is 2. The van der Waals surface area contributed by atoms with Crippen LogP contribution in [0.3, 0.4) is 0 Å². The van der Waals surface area contributed by atoms with Gasteiger partial charge >= 0.3 is 0 Å². The predicted molar refractivity (Wildman–Crippen MR) is 90.4 cm³/mol. The Morgan fingerprint density at radius 2 is 1.80 bits per heavy atom. The van der Waals surface area contributed by atoms with Crippen LogP contribution in [0.4, 0.5) is 0 Å². The molecule has 7 nitrogen and oxygen atoms in total. The Balaban J connectivity index is 1.49. The van der Waals surface area contributed by atoms with Gasteiger partial charge in [0.05, 0.1) is 0 Å². The quantitative estimate of drug-likeness (QED) is 0.844. The van der Waals surface area contributed by atoms with E-state index in [1.165, 1.54) is 0 Å². The number of ether oxygens (including phenoxy) is 1. The second-order valence-electron chi connectivity index (χ2n) is 6.05. The molecule has 0 N–H and O–H groups in total. The Morgan fingerprint density at radius 3 is 2.44 bits per heavy atom. The molecule has 7 heteroatoms. The molecule has 1 aromatic carbocycles. The Hall–Kier alpha value is -2.83. The summed E-state index contributed by atoms with van der Waals surface area (Å²) in [7, 11) is 0. The fraction of sp³-hybridized carbons (Fsp3) is 0.389. The van der Waals surface area contributed by atoms with Crippen molar-refractivity contribution < 1.29 is 18.8 Å². The minimum atomic E-state index is -0.167. The average molecular weight is 343 g/mol. The SMILES string of the molecule is Cc1cc(C(=O)N2CCN(C(=O)COc3ccccc3C)CC2)no1. The third-order valence-electron chi connectivity index (χ3n) is 4.21. The fourth-order valence-corrected chi connectivity index (χ4v) is 2.74. The van der Waals surface area contributed by atoms with Crippen LogP contribution in [0, 0.1) is 13.8 Å². The highest BCUT2D eigenvalue weighted by Crippen LogP contribution is 2.16. The molecular weight excluding hydrogens is 322 g/mol. The second-order valence-corrected chi connectivity index (χ2v) is 6.05. The van der Waals surface area contributed by atoms with Gasteiger partial charge in [-0.3, -0.25) is 9.59 Å². The lowest BCUT2D eigenvalue weighted by molar-refractivity contribution is -0.134. The number of hydrogen-bond donors (Lipinski definition) is 0. The maximum Gasteiger partial charge on any atom is 0.276 e. The van der Waals surface area contributed by atoms with Gasteiger partial charge < -0.3 is 19.1 Å². The van der Waals surface area contributed by atoms with Crippen LogP contribution in [0.2, 0.25) is 0 Å². The first-order valence-corrected chi connectivity index (χ1v) is 8.23. The Labute approximate surface area is 146 Å². The number of carbonyl (C=O) groups excluding carboxylic acids is 2. The Bertz CT molecular complexity index is 763. The molecule has 2 amide bonds. The standard InChI is InChI=1S/C18H21N3O4/c1-13-5-3-4-6-16(13)24-12-17(22)20-7-9-21(10-8-20)18(23)15-11-14(2)25-19-15/h3-6,11H,7-10,12H2,1-2H3. The van der Waals surface area contributed by atoms with Crippen LogP contribution in [-0.2, 0) is 4.79 Å². The Kier molecular flexibility index (Phi) is 5.02. The molecule has 3 rings (SSSR count). The number of para-hydroxylation sites is 1. The van der Waals surface area contributed by atoms with Crippen LogP contribution in [0.5, 0.6) is 5.75 Å². The molecule has 0 bridgehead atoms. The van der Waals surface area contributed by atoms with Crippen LogP contribution in [0.1, 0.15) is 21.8 Å². The zero-order chi connectivity index (χ0) is 17.8. The van der Waals surface area contributed by atoms with Gasteiger partial charge in [-0.2, -0.15) is 0 Å². The maximum atomic E-state index is 12.3. The third kappa shape index (κ3) is 3.99. The number of carbonyl (C=O) groups is 2. The zero-order valence-corrected chi connectivity index (χ0v) is 14.4. The molecule has 0 spiro atoms. The number of piperazine rings is 1. The summed E-state index contributed by atoms with van der Waals surface area (Å²) in [4.78, 5) is 28.0.